The Bertz CT molecular complexity index is 219. The van der Waals surface area contributed by atoms with Crippen LogP contribution in [0.5, 0.6) is 0 Å². The molecule has 0 amide bonds. The Morgan fingerprint density at radius 2 is 1.50 bits per heavy atom. The first kappa shape index (κ1) is 17.2. The van der Waals surface area contributed by atoms with Crippen LogP contribution in [0.15, 0.2) is 12.2 Å². The number of allylic oxidation sites excluding steroid dienone is 2. The zero-order chi connectivity index (χ0) is 13.6. The van der Waals surface area contributed by atoms with E-state index in [0.717, 1.165) is 25.2 Å². The summed E-state index contributed by atoms with van der Waals surface area (Å²) in [5.41, 5.74) is 0. The Hall–Kier alpha value is -0.790. The van der Waals surface area contributed by atoms with Crippen molar-refractivity contribution in [3.05, 3.63) is 12.2 Å². The summed E-state index contributed by atoms with van der Waals surface area (Å²) in [6.45, 7) is 4.57. The predicted octanol–water partition coefficient (Wildman–Crippen LogP) is 5.18. The first-order valence-corrected chi connectivity index (χ1v) is 7.49. The maximum Gasteiger partial charge on any atom is 0.303 e. The summed E-state index contributed by atoms with van der Waals surface area (Å²) in [6.07, 6.45) is 15.5. The minimum atomic E-state index is -0.690. The van der Waals surface area contributed by atoms with Crippen molar-refractivity contribution in [3.8, 4) is 0 Å². The average Bonchev–Trinajstić information content (AvgIpc) is 2.29. The lowest BCUT2D eigenvalue weighted by atomic mass is 10.0. The molecule has 0 aliphatic heterocycles. The van der Waals surface area contributed by atoms with E-state index in [1.165, 1.54) is 38.5 Å². The minimum Gasteiger partial charge on any atom is -0.481 e. The van der Waals surface area contributed by atoms with Gasteiger partial charge in [0.25, 0.3) is 0 Å². The highest BCUT2D eigenvalue weighted by Gasteiger charge is 1.94. The third kappa shape index (κ3) is 15.2. The van der Waals surface area contributed by atoms with Crippen LogP contribution >= 0.6 is 0 Å². The van der Waals surface area contributed by atoms with E-state index in [0.29, 0.717) is 6.42 Å². The number of hydrogen-bond acceptors (Lipinski definition) is 1. The van der Waals surface area contributed by atoms with Crippen LogP contribution in [0.4, 0.5) is 0 Å². The Morgan fingerprint density at radius 1 is 0.944 bits per heavy atom. The van der Waals surface area contributed by atoms with Gasteiger partial charge in [0.05, 0.1) is 0 Å². The van der Waals surface area contributed by atoms with Crippen molar-refractivity contribution in [1.29, 1.82) is 0 Å². The van der Waals surface area contributed by atoms with Crippen molar-refractivity contribution >= 4 is 5.97 Å². The Balaban J connectivity index is 3.10. The molecule has 0 saturated heterocycles. The zero-order valence-corrected chi connectivity index (χ0v) is 12.2. The van der Waals surface area contributed by atoms with Gasteiger partial charge in [-0.3, -0.25) is 4.79 Å². The van der Waals surface area contributed by atoms with E-state index in [-0.39, 0.29) is 0 Å². The molecule has 0 heterocycles. The predicted molar refractivity (Wildman–Crippen MR) is 77.8 cm³/mol. The maximum absolute atomic E-state index is 10.3. The molecule has 0 saturated carbocycles. The molecule has 0 aromatic heterocycles. The van der Waals surface area contributed by atoms with Gasteiger partial charge in [-0.05, 0) is 31.6 Å². The van der Waals surface area contributed by atoms with Crippen LogP contribution in [0.1, 0.15) is 78.1 Å². The fraction of sp³-hybridized carbons (Fsp3) is 0.812. The van der Waals surface area contributed by atoms with E-state index in [1.54, 1.807) is 0 Å². The number of carboxylic acids is 1. The molecular formula is C16H30O2. The molecule has 0 aromatic carbocycles. The largest absolute Gasteiger partial charge is 0.481 e. The molecule has 0 radical (unpaired) electrons. The zero-order valence-electron chi connectivity index (χ0n) is 12.2. The molecule has 0 unspecified atom stereocenters. The lowest BCUT2D eigenvalue weighted by Crippen LogP contribution is -1.92. The number of unbranched alkanes of at least 4 members (excludes halogenated alkanes) is 6. The molecule has 0 aliphatic rings. The molecule has 0 aliphatic carbocycles. The van der Waals surface area contributed by atoms with Gasteiger partial charge >= 0.3 is 5.97 Å². The molecule has 106 valence electrons. The van der Waals surface area contributed by atoms with Crippen molar-refractivity contribution in [3.63, 3.8) is 0 Å². The molecular weight excluding hydrogens is 224 g/mol. The lowest BCUT2D eigenvalue weighted by molar-refractivity contribution is -0.137. The van der Waals surface area contributed by atoms with Crippen LogP contribution in [-0.2, 0) is 4.79 Å². The number of carboxylic acid groups (broad SMARTS) is 1. The third-order valence-electron chi connectivity index (χ3n) is 3.08. The van der Waals surface area contributed by atoms with E-state index in [1.807, 2.05) is 0 Å². The van der Waals surface area contributed by atoms with Crippen molar-refractivity contribution in [2.24, 2.45) is 5.92 Å². The Labute approximate surface area is 112 Å². The van der Waals surface area contributed by atoms with Crippen molar-refractivity contribution in [2.45, 2.75) is 78.1 Å². The highest BCUT2D eigenvalue weighted by molar-refractivity contribution is 5.66. The lowest BCUT2D eigenvalue weighted by Gasteiger charge is -2.03. The number of carbonyl (C=O) groups is 1. The summed E-state index contributed by atoms with van der Waals surface area (Å²) in [5, 5.41) is 8.47. The summed E-state index contributed by atoms with van der Waals surface area (Å²) >= 11 is 0. The second kappa shape index (κ2) is 12.7. The fourth-order valence-corrected chi connectivity index (χ4v) is 1.95. The molecule has 1 N–H and O–H groups in total. The van der Waals surface area contributed by atoms with Gasteiger partial charge in [0, 0.05) is 6.42 Å². The standard InChI is InChI=1S/C16H30O2/c1-15(2)13-11-9-7-5-3-4-6-8-10-12-14-16(17)18/h6,8,15H,3-5,7,9-14H2,1-2H3,(H,17,18)/b8-6-. The molecule has 0 fully saturated rings. The van der Waals surface area contributed by atoms with Crippen LogP contribution in [0.3, 0.4) is 0 Å². The summed E-state index contributed by atoms with van der Waals surface area (Å²) in [4.78, 5) is 10.3. The van der Waals surface area contributed by atoms with Crippen molar-refractivity contribution in [1.82, 2.24) is 0 Å². The molecule has 0 aromatic rings. The quantitative estimate of drug-likeness (QED) is 0.384. The van der Waals surface area contributed by atoms with Crippen LogP contribution in [0.25, 0.3) is 0 Å². The summed E-state index contributed by atoms with van der Waals surface area (Å²) in [7, 11) is 0. The highest BCUT2D eigenvalue weighted by Crippen LogP contribution is 2.11. The molecule has 0 bridgehead atoms. The van der Waals surface area contributed by atoms with E-state index >= 15 is 0 Å². The van der Waals surface area contributed by atoms with Gasteiger partial charge in [-0.2, -0.15) is 0 Å². The molecule has 0 rings (SSSR count). The molecule has 0 atom stereocenters. The van der Waals surface area contributed by atoms with Crippen molar-refractivity contribution in [2.75, 3.05) is 0 Å². The normalized spacial score (nSPS) is 11.5. The van der Waals surface area contributed by atoms with Crippen molar-refractivity contribution < 1.29 is 9.90 Å². The van der Waals surface area contributed by atoms with Gasteiger partial charge in [-0.25, -0.2) is 0 Å². The van der Waals surface area contributed by atoms with Gasteiger partial charge in [0.15, 0.2) is 0 Å². The average molecular weight is 254 g/mol. The Morgan fingerprint density at radius 3 is 2.11 bits per heavy atom. The van der Waals surface area contributed by atoms with Gasteiger partial charge in [0.2, 0.25) is 0 Å². The summed E-state index contributed by atoms with van der Waals surface area (Å²) < 4.78 is 0. The maximum atomic E-state index is 10.3. The SMILES string of the molecule is CC(C)CCCCCCC/C=C\CCCC(=O)O. The monoisotopic (exact) mass is 254 g/mol. The smallest absolute Gasteiger partial charge is 0.303 e. The van der Waals surface area contributed by atoms with Crippen LogP contribution in [0.2, 0.25) is 0 Å². The minimum absolute atomic E-state index is 0.292. The van der Waals surface area contributed by atoms with Gasteiger partial charge in [0.1, 0.15) is 0 Å². The third-order valence-corrected chi connectivity index (χ3v) is 3.08. The Kier molecular flexibility index (Phi) is 12.1. The number of hydrogen-bond donors (Lipinski definition) is 1. The van der Waals surface area contributed by atoms with Gasteiger partial charge in [-0.1, -0.05) is 58.1 Å². The first-order valence-electron chi connectivity index (χ1n) is 7.49. The van der Waals surface area contributed by atoms with Crippen LogP contribution in [-0.4, -0.2) is 11.1 Å². The second-order valence-electron chi connectivity index (χ2n) is 5.50. The van der Waals surface area contributed by atoms with E-state index in [2.05, 4.69) is 26.0 Å². The van der Waals surface area contributed by atoms with Gasteiger partial charge in [-0.15, -0.1) is 0 Å². The molecule has 0 spiro atoms. The number of aliphatic carboxylic acids is 1. The van der Waals surface area contributed by atoms with E-state index in [4.69, 9.17) is 5.11 Å². The van der Waals surface area contributed by atoms with Crippen LogP contribution in [0, 0.1) is 5.92 Å². The van der Waals surface area contributed by atoms with E-state index < -0.39 is 5.97 Å². The molecule has 2 nitrogen and oxygen atoms in total. The molecule has 18 heavy (non-hydrogen) atoms. The summed E-state index contributed by atoms with van der Waals surface area (Å²) in [5.74, 6) is 0.156. The number of rotatable bonds is 12. The topological polar surface area (TPSA) is 37.3 Å². The van der Waals surface area contributed by atoms with E-state index in [9.17, 15) is 4.79 Å². The fourth-order valence-electron chi connectivity index (χ4n) is 1.95. The molecule has 2 heteroatoms. The second-order valence-corrected chi connectivity index (χ2v) is 5.50. The summed E-state index contributed by atoms with van der Waals surface area (Å²) in [6, 6.07) is 0. The first-order chi connectivity index (χ1) is 8.63. The van der Waals surface area contributed by atoms with Crippen LogP contribution < -0.4 is 0 Å². The van der Waals surface area contributed by atoms with Gasteiger partial charge < -0.3 is 5.11 Å². The highest BCUT2D eigenvalue weighted by atomic mass is 16.4.